The first-order chi connectivity index (χ1) is 17.9. The summed E-state index contributed by atoms with van der Waals surface area (Å²) in [5.74, 6) is -0.796. The molecule has 2 aromatic heterocycles. The maximum absolute atomic E-state index is 12.7. The highest BCUT2D eigenvalue weighted by Crippen LogP contribution is 2.38. The first kappa shape index (κ1) is 27.8. The van der Waals surface area contributed by atoms with Gasteiger partial charge in [-0.1, -0.05) is 39.8 Å². The Kier molecular flexibility index (Phi) is 9.80. The van der Waals surface area contributed by atoms with Crippen molar-refractivity contribution in [2.75, 3.05) is 23.4 Å². The number of thiazole rings is 1. The number of benzene rings is 1. The second-order valence-corrected chi connectivity index (χ2v) is 12.4. The first-order valence-electron chi connectivity index (χ1n) is 12.1. The molecule has 1 aliphatic carbocycles. The third-order valence-electron chi connectivity index (χ3n) is 5.79. The van der Waals surface area contributed by atoms with Gasteiger partial charge in [-0.15, -0.1) is 29.7 Å². The van der Waals surface area contributed by atoms with E-state index in [1.807, 2.05) is 22.8 Å². The summed E-state index contributed by atoms with van der Waals surface area (Å²) >= 11 is 7.59. The Bertz CT molecular complexity index is 1410. The summed E-state index contributed by atoms with van der Waals surface area (Å²) < 4.78 is 9.21. The van der Waals surface area contributed by atoms with E-state index in [9.17, 15) is 14.4 Å². The van der Waals surface area contributed by atoms with Crippen LogP contribution in [0.2, 0.25) is 0 Å². The number of ether oxygens (including phenoxy) is 1. The average molecular weight is 623 g/mol. The molecular weight excluding hydrogens is 594 g/mol. The number of fused-ring (bicyclic) bond motifs is 2. The van der Waals surface area contributed by atoms with E-state index in [2.05, 4.69) is 32.8 Å². The van der Waals surface area contributed by atoms with E-state index in [1.54, 1.807) is 13.0 Å². The topological polar surface area (TPSA) is 89.8 Å². The van der Waals surface area contributed by atoms with E-state index < -0.39 is 0 Å². The number of nitrogens with zero attached hydrogens (tertiary/aromatic N) is 2. The van der Waals surface area contributed by atoms with Crippen LogP contribution in [0.25, 0.3) is 10.2 Å². The maximum atomic E-state index is 12.7. The number of halogens is 1. The van der Waals surface area contributed by atoms with Crippen LogP contribution in [0.3, 0.4) is 0 Å². The highest BCUT2D eigenvalue weighted by atomic mass is 79.9. The average Bonchev–Trinajstić information content (AvgIpc) is 3.26. The van der Waals surface area contributed by atoms with Gasteiger partial charge in [-0.2, -0.15) is 4.99 Å². The lowest BCUT2D eigenvalue weighted by molar-refractivity contribution is -0.115. The zero-order valence-electron chi connectivity index (χ0n) is 20.5. The molecule has 7 nitrogen and oxygen atoms in total. The molecule has 0 aliphatic heterocycles. The number of nitrogens with one attached hydrogen (secondary N) is 1. The van der Waals surface area contributed by atoms with Gasteiger partial charge >= 0.3 is 5.97 Å². The van der Waals surface area contributed by atoms with Gasteiger partial charge in [0.25, 0.3) is 5.91 Å². The van der Waals surface area contributed by atoms with Crippen LogP contribution in [0.5, 0.6) is 0 Å². The third kappa shape index (κ3) is 6.81. The van der Waals surface area contributed by atoms with Crippen molar-refractivity contribution < 1.29 is 19.1 Å². The van der Waals surface area contributed by atoms with Gasteiger partial charge in [0.2, 0.25) is 5.91 Å². The van der Waals surface area contributed by atoms with Gasteiger partial charge in [0.15, 0.2) is 4.80 Å². The molecule has 0 fully saturated rings. The number of thiophene rings is 1. The van der Waals surface area contributed by atoms with Crippen LogP contribution in [-0.2, 0) is 33.7 Å². The molecule has 0 radical (unpaired) electrons. The van der Waals surface area contributed by atoms with E-state index in [0.29, 0.717) is 21.9 Å². The molecule has 3 aromatic rings. The molecule has 0 atom stereocenters. The Balaban J connectivity index is 1.42. The Morgan fingerprint density at radius 1 is 1.22 bits per heavy atom. The normalized spacial score (nSPS) is 13.7. The first-order valence-corrected chi connectivity index (χ1v) is 15.7. The lowest BCUT2D eigenvalue weighted by atomic mass is 10.1. The predicted molar refractivity (Wildman–Crippen MR) is 156 cm³/mol. The third-order valence-corrected chi connectivity index (χ3v) is 9.45. The van der Waals surface area contributed by atoms with E-state index in [4.69, 9.17) is 4.74 Å². The van der Waals surface area contributed by atoms with E-state index >= 15 is 0 Å². The van der Waals surface area contributed by atoms with Gasteiger partial charge in [0, 0.05) is 15.9 Å². The fourth-order valence-electron chi connectivity index (χ4n) is 4.22. The van der Waals surface area contributed by atoms with Crippen molar-refractivity contribution in [3.8, 4) is 0 Å². The van der Waals surface area contributed by atoms with Crippen molar-refractivity contribution in [3.05, 3.63) is 56.1 Å². The standard InChI is InChI=1S/C26H28BrN3O4S3/c1-3-12-30-18-11-10-16(27)13-20(18)37-26(30)29-22(32)15-35-14-21(31)28-24-23(25(33)34-4-2)17-8-6-5-7-9-19(17)36-24/h3,10-11,13H,1,4-9,12,14-15H2,2H3,(H,28,31). The number of anilines is 1. The molecule has 0 saturated carbocycles. The summed E-state index contributed by atoms with van der Waals surface area (Å²) in [5.41, 5.74) is 2.50. The van der Waals surface area contributed by atoms with Crippen molar-refractivity contribution in [2.24, 2.45) is 4.99 Å². The zero-order valence-corrected chi connectivity index (χ0v) is 24.5. The second kappa shape index (κ2) is 13.0. The summed E-state index contributed by atoms with van der Waals surface area (Å²) in [6.45, 7) is 6.40. The number of aromatic nitrogens is 1. The minimum Gasteiger partial charge on any atom is -0.462 e. The zero-order chi connectivity index (χ0) is 26.4. The molecule has 37 heavy (non-hydrogen) atoms. The summed E-state index contributed by atoms with van der Waals surface area (Å²) in [6, 6.07) is 5.93. The van der Waals surface area contributed by atoms with Crippen LogP contribution in [0.15, 0.2) is 40.3 Å². The quantitative estimate of drug-likeness (QED) is 0.181. The number of amides is 2. The fourth-order valence-corrected chi connectivity index (χ4v) is 7.72. The van der Waals surface area contributed by atoms with Gasteiger partial charge in [-0.3, -0.25) is 9.59 Å². The van der Waals surface area contributed by atoms with Crippen LogP contribution in [0, 0.1) is 0 Å². The van der Waals surface area contributed by atoms with Crippen LogP contribution in [0.1, 0.15) is 47.0 Å². The molecule has 0 unspecified atom stereocenters. The molecule has 0 bridgehead atoms. The van der Waals surface area contributed by atoms with Crippen LogP contribution in [0.4, 0.5) is 5.00 Å². The molecule has 196 valence electrons. The molecular formula is C26H28BrN3O4S3. The Morgan fingerprint density at radius 2 is 2.03 bits per heavy atom. The largest absolute Gasteiger partial charge is 0.462 e. The SMILES string of the molecule is C=CCn1c(=NC(=O)CSCC(=O)Nc2sc3c(c2C(=O)OCC)CCCCC3)sc2cc(Br)ccc21. The summed E-state index contributed by atoms with van der Waals surface area (Å²) in [7, 11) is 0. The number of rotatable bonds is 9. The highest BCUT2D eigenvalue weighted by Gasteiger charge is 2.26. The molecule has 1 aliphatic rings. The van der Waals surface area contributed by atoms with E-state index in [0.717, 1.165) is 57.2 Å². The highest BCUT2D eigenvalue weighted by molar-refractivity contribution is 9.10. The summed E-state index contributed by atoms with van der Waals surface area (Å²) in [6.07, 6.45) is 6.73. The number of hydrogen-bond acceptors (Lipinski definition) is 7. The molecule has 2 amide bonds. The van der Waals surface area contributed by atoms with Crippen LogP contribution < -0.4 is 10.1 Å². The smallest absolute Gasteiger partial charge is 0.341 e. The fraction of sp³-hybridized carbons (Fsp3) is 0.385. The minimum absolute atomic E-state index is 0.0745. The summed E-state index contributed by atoms with van der Waals surface area (Å²) in [4.78, 5) is 44.1. The van der Waals surface area contributed by atoms with Crippen molar-refractivity contribution in [3.63, 3.8) is 0 Å². The molecule has 4 rings (SSSR count). The van der Waals surface area contributed by atoms with Gasteiger partial charge < -0.3 is 14.6 Å². The van der Waals surface area contributed by atoms with Crippen molar-refractivity contribution in [1.82, 2.24) is 4.57 Å². The maximum Gasteiger partial charge on any atom is 0.341 e. The number of hydrogen-bond donors (Lipinski definition) is 1. The van der Waals surface area contributed by atoms with Crippen LogP contribution in [-0.4, -0.2) is 40.5 Å². The Labute approximate surface area is 236 Å². The van der Waals surface area contributed by atoms with E-state index in [-0.39, 0.29) is 35.9 Å². The number of carbonyl (C=O) groups excluding carboxylic acids is 3. The molecule has 0 spiro atoms. The molecule has 1 N–H and O–H groups in total. The van der Waals surface area contributed by atoms with Crippen molar-refractivity contribution in [2.45, 2.75) is 45.6 Å². The monoisotopic (exact) mass is 621 g/mol. The number of thioether (sulfide) groups is 1. The molecule has 1 aromatic carbocycles. The number of allylic oxidation sites excluding steroid dienone is 1. The lowest BCUT2D eigenvalue weighted by Crippen LogP contribution is -2.19. The second-order valence-electron chi connectivity index (χ2n) is 8.43. The van der Waals surface area contributed by atoms with Crippen LogP contribution >= 0.6 is 50.4 Å². The van der Waals surface area contributed by atoms with Gasteiger partial charge in [0.05, 0.1) is 33.9 Å². The van der Waals surface area contributed by atoms with Gasteiger partial charge in [-0.05, 0) is 56.4 Å². The van der Waals surface area contributed by atoms with Crippen molar-refractivity contribution >= 4 is 83.4 Å². The number of carbonyl (C=O) groups is 3. The van der Waals surface area contributed by atoms with Gasteiger partial charge in [0.1, 0.15) is 5.00 Å². The van der Waals surface area contributed by atoms with Gasteiger partial charge in [-0.25, -0.2) is 4.79 Å². The summed E-state index contributed by atoms with van der Waals surface area (Å²) in [5, 5.41) is 3.45. The number of esters is 1. The molecule has 11 heteroatoms. The van der Waals surface area contributed by atoms with E-state index in [1.165, 1.54) is 34.4 Å². The number of aryl methyl sites for hydroxylation is 1. The molecule has 2 heterocycles. The Hall–Kier alpha value is -2.21. The minimum atomic E-state index is -0.387. The van der Waals surface area contributed by atoms with Crippen molar-refractivity contribution in [1.29, 1.82) is 0 Å². The Morgan fingerprint density at radius 3 is 2.81 bits per heavy atom. The lowest BCUT2D eigenvalue weighted by Gasteiger charge is -2.08. The predicted octanol–water partition coefficient (Wildman–Crippen LogP) is 5.96. The molecule has 0 saturated heterocycles.